The molecule has 0 aromatic heterocycles. The zero-order chi connectivity index (χ0) is 11.5. The van der Waals surface area contributed by atoms with E-state index in [0.717, 1.165) is 12.1 Å². The van der Waals surface area contributed by atoms with Crippen molar-refractivity contribution in [3.63, 3.8) is 0 Å². The first kappa shape index (κ1) is 10.6. The maximum atomic E-state index is 13.3. The van der Waals surface area contributed by atoms with Crippen molar-refractivity contribution in [1.82, 2.24) is 0 Å². The van der Waals surface area contributed by atoms with Crippen LogP contribution < -0.4 is 4.74 Å². The van der Waals surface area contributed by atoms with E-state index in [4.69, 9.17) is 4.74 Å². The molecule has 2 aromatic rings. The highest BCUT2D eigenvalue weighted by Crippen LogP contribution is 2.27. The van der Waals surface area contributed by atoms with E-state index in [-0.39, 0.29) is 5.75 Å². The molecule has 0 bridgehead atoms. The lowest BCUT2D eigenvalue weighted by Crippen LogP contribution is -1.91. The van der Waals surface area contributed by atoms with Crippen LogP contribution in [0.2, 0.25) is 0 Å². The van der Waals surface area contributed by atoms with E-state index >= 15 is 0 Å². The van der Waals surface area contributed by atoms with Crippen LogP contribution in [0.5, 0.6) is 11.5 Å². The van der Waals surface area contributed by atoms with Crippen LogP contribution in [-0.4, -0.2) is 0 Å². The van der Waals surface area contributed by atoms with Gasteiger partial charge in [-0.15, -0.1) is 0 Å². The van der Waals surface area contributed by atoms with E-state index < -0.39 is 11.6 Å². The van der Waals surface area contributed by atoms with Gasteiger partial charge in [0.15, 0.2) is 11.6 Å². The Kier molecular flexibility index (Phi) is 2.86. The summed E-state index contributed by atoms with van der Waals surface area (Å²) in [7, 11) is 0. The Balaban J connectivity index is 2.31. The van der Waals surface area contributed by atoms with Crippen LogP contribution in [0, 0.1) is 18.6 Å². The molecule has 0 N–H and O–H groups in total. The molecule has 2 rings (SSSR count). The summed E-state index contributed by atoms with van der Waals surface area (Å²) in [5, 5.41) is 0. The SMILES string of the molecule is [CH2]c1ccccc1Oc1ccc(F)cc1F. The molecule has 0 unspecified atom stereocenters. The molecule has 0 saturated heterocycles. The molecular weight excluding hydrogens is 210 g/mol. The lowest BCUT2D eigenvalue weighted by atomic mass is 10.2. The third-order valence-corrected chi connectivity index (χ3v) is 2.09. The molecule has 0 saturated carbocycles. The Bertz CT molecular complexity index is 509. The summed E-state index contributed by atoms with van der Waals surface area (Å²) in [6.45, 7) is 3.74. The van der Waals surface area contributed by atoms with Gasteiger partial charge in [0.05, 0.1) is 0 Å². The van der Waals surface area contributed by atoms with Crippen molar-refractivity contribution < 1.29 is 13.5 Å². The Hall–Kier alpha value is -1.90. The average Bonchev–Trinajstić information content (AvgIpc) is 2.25. The van der Waals surface area contributed by atoms with Crippen LogP contribution in [-0.2, 0) is 0 Å². The van der Waals surface area contributed by atoms with Gasteiger partial charge >= 0.3 is 0 Å². The molecule has 1 nitrogen and oxygen atoms in total. The second-order valence-corrected chi connectivity index (χ2v) is 3.28. The molecule has 16 heavy (non-hydrogen) atoms. The van der Waals surface area contributed by atoms with E-state index in [2.05, 4.69) is 6.92 Å². The minimum Gasteiger partial charge on any atom is -0.454 e. The summed E-state index contributed by atoms with van der Waals surface area (Å²) in [6, 6.07) is 10.1. The predicted octanol–water partition coefficient (Wildman–Crippen LogP) is 3.94. The van der Waals surface area contributed by atoms with E-state index in [1.807, 2.05) is 0 Å². The zero-order valence-corrected chi connectivity index (χ0v) is 8.41. The van der Waals surface area contributed by atoms with Gasteiger partial charge in [0.2, 0.25) is 0 Å². The summed E-state index contributed by atoms with van der Waals surface area (Å²) < 4.78 is 31.2. The Morgan fingerprint density at radius 3 is 2.38 bits per heavy atom. The molecule has 0 heterocycles. The molecule has 0 aliphatic heterocycles. The minimum absolute atomic E-state index is 0.0162. The number of ether oxygens (including phenoxy) is 1. The van der Waals surface area contributed by atoms with Gasteiger partial charge in [-0.05, 0) is 30.7 Å². The van der Waals surface area contributed by atoms with Gasteiger partial charge in [-0.1, -0.05) is 18.2 Å². The van der Waals surface area contributed by atoms with Gasteiger partial charge in [0.25, 0.3) is 0 Å². The van der Waals surface area contributed by atoms with Crippen molar-refractivity contribution >= 4 is 0 Å². The van der Waals surface area contributed by atoms with E-state index in [1.165, 1.54) is 6.07 Å². The van der Waals surface area contributed by atoms with Crippen LogP contribution in [0.15, 0.2) is 42.5 Å². The minimum atomic E-state index is -0.733. The van der Waals surface area contributed by atoms with Crippen molar-refractivity contribution in [2.24, 2.45) is 0 Å². The maximum Gasteiger partial charge on any atom is 0.168 e. The normalized spacial score (nSPS) is 10.2. The first-order chi connectivity index (χ1) is 7.66. The van der Waals surface area contributed by atoms with Crippen molar-refractivity contribution in [2.75, 3.05) is 0 Å². The van der Waals surface area contributed by atoms with Crippen LogP contribution in [0.25, 0.3) is 0 Å². The second-order valence-electron chi connectivity index (χ2n) is 3.28. The molecule has 0 aliphatic rings. The van der Waals surface area contributed by atoms with Gasteiger partial charge in [-0.25, -0.2) is 8.78 Å². The lowest BCUT2D eigenvalue weighted by molar-refractivity contribution is 0.436. The van der Waals surface area contributed by atoms with Crippen molar-refractivity contribution in [3.8, 4) is 11.5 Å². The average molecular weight is 219 g/mol. The number of rotatable bonds is 2. The molecule has 81 valence electrons. The number of halogens is 2. The zero-order valence-electron chi connectivity index (χ0n) is 8.41. The monoisotopic (exact) mass is 219 g/mol. The third-order valence-electron chi connectivity index (χ3n) is 2.09. The van der Waals surface area contributed by atoms with E-state index in [1.54, 1.807) is 24.3 Å². The van der Waals surface area contributed by atoms with Crippen LogP contribution >= 0.6 is 0 Å². The number of hydrogen-bond donors (Lipinski definition) is 0. The molecule has 1 radical (unpaired) electrons. The summed E-state index contributed by atoms with van der Waals surface area (Å²) >= 11 is 0. The highest BCUT2D eigenvalue weighted by molar-refractivity contribution is 5.39. The number of para-hydroxylation sites is 1. The van der Waals surface area contributed by atoms with Crippen molar-refractivity contribution in [3.05, 3.63) is 66.6 Å². The van der Waals surface area contributed by atoms with Crippen molar-refractivity contribution in [2.45, 2.75) is 0 Å². The molecule has 2 aromatic carbocycles. The fourth-order valence-electron chi connectivity index (χ4n) is 1.28. The standard InChI is InChI=1S/C13H9F2O/c1-9-4-2-3-5-12(9)16-13-7-6-10(14)8-11(13)15/h2-8H,1H2. The predicted molar refractivity (Wildman–Crippen MR) is 57.3 cm³/mol. The largest absolute Gasteiger partial charge is 0.454 e. The lowest BCUT2D eigenvalue weighted by Gasteiger charge is -2.08. The van der Waals surface area contributed by atoms with Crippen LogP contribution in [0.4, 0.5) is 8.78 Å². The van der Waals surface area contributed by atoms with E-state index in [0.29, 0.717) is 11.3 Å². The fourth-order valence-corrected chi connectivity index (χ4v) is 1.28. The molecular formula is C13H9F2O. The van der Waals surface area contributed by atoms with Crippen LogP contribution in [0.1, 0.15) is 5.56 Å². The van der Waals surface area contributed by atoms with Gasteiger partial charge in [0, 0.05) is 6.07 Å². The summed E-state index contributed by atoms with van der Waals surface area (Å²) in [5.74, 6) is -0.929. The summed E-state index contributed by atoms with van der Waals surface area (Å²) in [5.41, 5.74) is 0.645. The third kappa shape index (κ3) is 2.19. The molecule has 0 fully saturated rings. The summed E-state index contributed by atoms with van der Waals surface area (Å²) in [6.07, 6.45) is 0. The van der Waals surface area contributed by atoms with E-state index in [9.17, 15) is 8.78 Å². The summed E-state index contributed by atoms with van der Waals surface area (Å²) in [4.78, 5) is 0. The Labute approximate surface area is 92.3 Å². The molecule has 0 amide bonds. The van der Waals surface area contributed by atoms with Gasteiger partial charge < -0.3 is 4.74 Å². The highest BCUT2D eigenvalue weighted by Gasteiger charge is 2.07. The fraction of sp³-hybridized carbons (Fsp3) is 0. The van der Waals surface area contributed by atoms with Gasteiger partial charge in [-0.3, -0.25) is 0 Å². The second kappa shape index (κ2) is 4.31. The van der Waals surface area contributed by atoms with Crippen LogP contribution in [0.3, 0.4) is 0 Å². The molecule has 0 atom stereocenters. The Morgan fingerprint density at radius 1 is 0.938 bits per heavy atom. The number of hydrogen-bond acceptors (Lipinski definition) is 1. The highest BCUT2D eigenvalue weighted by atomic mass is 19.1. The molecule has 0 aliphatic carbocycles. The quantitative estimate of drug-likeness (QED) is 0.743. The van der Waals surface area contributed by atoms with Gasteiger partial charge in [-0.2, -0.15) is 0 Å². The van der Waals surface area contributed by atoms with Gasteiger partial charge in [0.1, 0.15) is 11.6 Å². The topological polar surface area (TPSA) is 9.23 Å². The number of benzene rings is 2. The molecule has 0 spiro atoms. The smallest absolute Gasteiger partial charge is 0.168 e. The first-order valence-electron chi connectivity index (χ1n) is 4.71. The first-order valence-corrected chi connectivity index (χ1v) is 4.71. The molecule has 3 heteroatoms. The maximum absolute atomic E-state index is 13.3. The van der Waals surface area contributed by atoms with Crippen molar-refractivity contribution in [1.29, 1.82) is 0 Å². The Morgan fingerprint density at radius 2 is 1.69 bits per heavy atom.